The number of nitrogens with two attached hydrogens (primary N) is 1. The summed E-state index contributed by atoms with van der Waals surface area (Å²) < 4.78 is 1.71. The van der Waals surface area contributed by atoms with E-state index < -0.39 is 0 Å². The Hall–Kier alpha value is -2.98. The van der Waals surface area contributed by atoms with Gasteiger partial charge in [0.05, 0.1) is 16.8 Å². The molecule has 10 heteroatoms. The topological polar surface area (TPSA) is 103 Å². The van der Waals surface area contributed by atoms with E-state index >= 15 is 0 Å². The zero-order valence-electron chi connectivity index (χ0n) is 19.6. The van der Waals surface area contributed by atoms with Crippen LogP contribution < -0.4 is 16.2 Å². The fraction of sp³-hybridized carbons (Fsp3) is 0.348. The van der Waals surface area contributed by atoms with Crippen LogP contribution in [0.4, 0.5) is 11.9 Å². The molecule has 0 bridgehead atoms. The first-order chi connectivity index (χ1) is 15.7. The van der Waals surface area contributed by atoms with Crippen LogP contribution in [0, 0.1) is 20.8 Å². The van der Waals surface area contributed by atoms with E-state index in [9.17, 15) is 4.79 Å². The maximum absolute atomic E-state index is 13.8. The van der Waals surface area contributed by atoms with Crippen LogP contribution in [-0.4, -0.2) is 38.6 Å². The molecular formula is C23H27N7OS2. The van der Waals surface area contributed by atoms with Crippen LogP contribution in [0.5, 0.6) is 0 Å². The lowest BCUT2D eigenvalue weighted by Gasteiger charge is -2.14. The van der Waals surface area contributed by atoms with Crippen LogP contribution in [0.2, 0.25) is 0 Å². The van der Waals surface area contributed by atoms with E-state index in [2.05, 4.69) is 28.8 Å². The Morgan fingerprint density at radius 3 is 2.52 bits per heavy atom. The molecule has 0 aliphatic heterocycles. The van der Waals surface area contributed by atoms with Gasteiger partial charge in [-0.2, -0.15) is 15.0 Å². The molecule has 2 N–H and O–H groups in total. The molecule has 0 saturated heterocycles. The number of thiophene rings is 1. The van der Waals surface area contributed by atoms with Gasteiger partial charge in [-0.15, -0.1) is 11.3 Å². The summed E-state index contributed by atoms with van der Waals surface area (Å²) in [6, 6.07) is 6.03. The lowest BCUT2D eigenvalue weighted by molar-refractivity contribution is 0.817. The van der Waals surface area contributed by atoms with E-state index in [1.807, 2.05) is 46.1 Å². The van der Waals surface area contributed by atoms with Gasteiger partial charge in [-0.25, -0.2) is 4.98 Å². The van der Waals surface area contributed by atoms with Crippen molar-refractivity contribution in [2.24, 2.45) is 0 Å². The molecule has 172 valence electrons. The fourth-order valence-corrected chi connectivity index (χ4v) is 5.65. The summed E-state index contributed by atoms with van der Waals surface area (Å²) >= 11 is 2.98. The average molecular weight is 482 g/mol. The zero-order valence-corrected chi connectivity index (χ0v) is 21.3. The summed E-state index contributed by atoms with van der Waals surface area (Å²) in [4.78, 5) is 35.3. The van der Waals surface area contributed by atoms with E-state index in [-0.39, 0.29) is 11.5 Å². The van der Waals surface area contributed by atoms with Crippen LogP contribution in [0.3, 0.4) is 0 Å². The molecule has 0 unspecified atom stereocenters. The highest BCUT2D eigenvalue weighted by Gasteiger charge is 2.20. The third-order valence-corrected chi connectivity index (χ3v) is 7.49. The minimum Gasteiger partial charge on any atom is -0.368 e. The molecule has 0 aliphatic carbocycles. The summed E-state index contributed by atoms with van der Waals surface area (Å²) in [5, 5.41) is 1.31. The van der Waals surface area contributed by atoms with Crippen molar-refractivity contribution in [3.05, 3.63) is 55.9 Å². The van der Waals surface area contributed by atoms with E-state index in [0.29, 0.717) is 28.1 Å². The molecule has 3 aromatic heterocycles. The first-order valence-electron chi connectivity index (χ1n) is 10.6. The second-order valence-electron chi connectivity index (χ2n) is 8.07. The van der Waals surface area contributed by atoms with Gasteiger partial charge in [0.1, 0.15) is 10.7 Å². The van der Waals surface area contributed by atoms with Crippen molar-refractivity contribution >= 4 is 45.2 Å². The van der Waals surface area contributed by atoms with Crippen LogP contribution in [0.15, 0.2) is 28.2 Å². The standard InChI is InChI=1S/C23H27N7OS2/c1-7-16-14(4)33-19-18(16)20(31)30(15-9-8-12(2)13(3)10-15)23(27-19)32-11-17-25-21(24)28-22(26-17)29(5)6/h8-10H,7,11H2,1-6H3,(H2,24,25,26,28). The molecule has 4 rings (SSSR count). The molecule has 3 heterocycles. The van der Waals surface area contributed by atoms with Crippen molar-refractivity contribution in [2.45, 2.75) is 45.0 Å². The molecule has 4 aromatic rings. The molecule has 0 fully saturated rings. The van der Waals surface area contributed by atoms with Gasteiger partial charge in [-0.3, -0.25) is 9.36 Å². The molecule has 0 atom stereocenters. The van der Waals surface area contributed by atoms with Gasteiger partial charge in [0.25, 0.3) is 5.56 Å². The predicted octanol–water partition coefficient (Wildman–Crippen LogP) is 4.06. The van der Waals surface area contributed by atoms with E-state index in [1.54, 1.807) is 20.8 Å². The van der Waals surface area contributed by atoms with Crippen molar-refractivity contribution in [1.82, 2.24) is 24.5 Å². The van der Waals surface area contributed by atoms with Gasteiger partial charge < -0.3 is 10.6 Å². The number of hydrogen-bond donors (Lipinski definition) is 1. The van der Waals surface area contributed by atoms with E-state index in [4.69, 9.17) is 10.7 Å². The molecule has 0 amide bonds. The largest absolute Gasteiger partial charge is 0.368 e. The van der Waals surface area contributed by atoms with Gasteiger partial charge in [0.15, 0.2) is 5.16 Å². The van der Waals surface area contributed by atoms with Crippen molar-refractivity contribution in [2.75, 3.05) is 24.7 Å². The summed E-state index contributed by atoms with van der Waals surface area (Å²) in [7, 11) is 3.70. The average Bonchev–Trinajstić information content (AvgIpc) is 3.09. The number of benzene rings is 1. The quantitative estimate of drug-likeness (QED) is 0.325. The number of anilines is 2. The van der Waals surface area contributed by atoms with Gasteiger partial charge in [0, 0.05) is 19.0 Å². The number of nitrogens with zero attached hydrogens (tertiary/aromatic N) is 6. The van der Waals surface area contributed by atoms with E-state index in [1.165, 1.54) is 17.3 Å². The summed E-state index contributed by atoms with van der Waals surface area (Å²) in [5.74, 6) is 1.60. The van der Waals surface area contributed by atoms with Gasteiger partial charge in [-0.05, 0) is 56.0 Å². The monoisotopic (exact) mass is 481 g/mol. The smallest absolute Gasteiger partial charge is 0.267 e. The van der Waals surface area contributed by atoms with Crippen molar-refractivity contribution < 1.29 is 0 Å². The van der Waals surface area contributed by atoms with Crippen molar-refractivity contribution in [3.63, 3.8) is 0 Å². The van der Waals surface area contributed by atoms with E-state index in [0.717, 1.165) is 32.9 Å². The summed E-state index contributed by atoms with van der Waals surface area (Å²) in [5.41, 5.74) is 10.0. The Balaban J connectivity index is 1.86. The lowest BCUT2D eigenvalue weighted by Crippen LogP contribution is -2.22. The van der Waals surface area contributed by atoms with Gasteiger partial charge in [-0.1, -0.05) is 24.8 Å². The Labute approximate surface area is 200 Å². The molecule has 1 aromatic carbocycles. The Morgan fingerprint density at radius 2 is 1.85 bits per heavy atom. The Bertz CT molecular complexity index is 1410. The van der Waals surface area contributed by atoms with Crippen LogP contribution in [-0.2, 0) is 12.2 Å². The molecule has 0 spiro atoms. The highest BCUT2D eigenvalue weighted by atomic mass is 32.2. The molecule has 33 heavy (non-hydrogen) atoms. The Morgan fingerprint density at radius 1 is 1.09 bits per heavy atom. The zero-order chi connectivity index (χ0) is 23.9. The van der Waals surface area contributed by atoms with Crippen molar-refractivity contribution in [1.29, 1.82) is 0 Å². The van der Waals surface area contributed by atoms with Crippen LogP contribution in [0.1, 0.15) is 34.3 Å². The Kier molecular flexibility index (Phi) is 6.40. The van der Waals surface area contributed by atoms with Crippen molar-refractivity contribution in [3.8, 4) is 5.69 Å². The first-order valence-corrected chi connectivity index (χ1v) is 12.4. The van der Waals surface area contributed by atoms with Gasteiger partial charge in [0.2, 0.25) is 11.9 Å². The van der Waals surface area contributed by atoms with Crippen LogP contribution in [0.25, 0.3) is 15.9 Å². The molecule has 0 saturated carbocycles. The number of fused-ring (bicyclic) bond motifs is 1. The third-order valence-electron chi connectivity index (χ3n) is 5.52. The summed E-state index contributed by atoms with van der Waals surface area (Å²) in [6.45, 7) is 8.23. The maximum atomic E-state index is 13.8. The van der Waals surface area contributed by atoms with Gasteiger partial charge >= 0.3 is 0 Å². The number of rotatable bonds is 6. The number of nitrogen functional groups attached to an aromatic ring is 1. The molecule has 0 radical (unpaired) electrons. The number of thioether (sulfide) groups is 1. The SMILES string of the molecule is CCc1c(C)sc2nc(SCc3nc(N)nc(N(C)C)n3)n(-c3ccc(C)c(C)c3)c(=O)c12. The number of hydrogen-bond acceptors (Lipinski definition) is 9. The number of aryl methyl sites for hydroxylation is 4. The van der Waals surface area contributed by atoms with Crippen LogP contribution >= 0.6 is 23.1 Å². The molecule has 0 aliphatic rings. The second kappa shape index (κ2) is 9.11. The lowest BCUT2D eigenvalue weighted by atomic mass is 10.1. The summed E-state index contributed by atoms with van der Waals surface area (Å²) in [6.07, 6.45) is 0.791. The number of aromatic nitrogens is 5. The maximum Gasteiger partial charge on any atom is 0.267 e. The molecular weight excluding hydrogens is 454 g/mol. The molecule has 8 nitrogen and oxygen atoms in total. The normalized spacial score (nSPS) is 11.3. The minimum absolute atomic E-state index is 0.0453. The minimum atomic E-state index is -0.0453. The first kappa shape index (κ1) is 23.2. The third kappa shape index (κ3) is 4.45. The highest BCUT2D eigenvalue weighted by Crippen LogP contribution is 2.31. The highest BCUT2D eigenvalue weighted by molar-refractivity contribution is 7.98. The second-order valence-corrected chi connectivity index (χ2v) is 10.2. The fourth-order valence-electron chi connectivity index (χ4n) is 3.63. The predicted molar refractivity (Wildman–Crippen MR) is 137 cm³/mol.